The van der Waals surface area contributed by atoms with Gasteiger partial charge in [-0.15, -0.1) is 0 Å². The topological polar surface area (TPSA) is 67.9 Å². The number of hydrogen-bond donors (Lipinski definition) is 1. The van der Waals surface area contributed by atoms with E-state index in [-0.39, 0.29) is 29.8 Å². The quantitative estimate of drug-likeness (QED) is 0.667. The van der Waals surface area contributed by atoms with Crippen molar-refractivity contribution in [3.05, 3.63) is 58.1 Å². The zero-order chi connectivity index (χ0) is 24.3. The van der Waals surface area contributed by atoms with Crippen LogP contribution in [0, 0.1) is 5.92 Å². The van der Waals surface area contributed by atoms with Crippen molar-refractivity contribution < 1.29 is 32.2 Å². The summed E-state index contributed by atoms with van der Waals surface area (Å²) in [5.41, 5.74) is 0.189. The van der Waals surface area contributed by atoms with Gasteiger partial charge in [-0.3, -0.25) is 9.59 Å². The fraction of sp³-hybridized carbons (Fsp3) is 0.417. The van der Waals surface area contributed by atoms with Crippen molar-refractivity contribution in [3.8, 4) is 11.5 Å². The highest BCUT2D eigenvalue weighted by atomic mass is 35.5. The van der Waals surface area contributed by atoms with Crippen LogP contribution >= 0.6 is 11.6 Å². The number of carbonyl (C=O) groups is 2. The van der Waals surface area contributed by atoms with Gasteiger partial charge in [0.1, 0.15) is 0 Å². The molecule has 0 aliphatic carbocycles. The molecule has 2 heterocycles. The van der Waals surface area contributed by atoms with Crippen molar-refractivity contribution in [2.24, 2.45) is 5.92 Å². The van der Waals surface area contributed by atoms with E-state index < -0.39 is 11.7 Å². The Kier molecular flexibility index (Phi) is 7.21. The second-order valence-electron chi connectivity index (χ2n) is 8.31. The normalized spacial score (nSPS) is 16.6. The lowest BCUT2D eigenvalue weighted by molar-refractivity contribution is -0.137. The molecule has 2 aliphatic rings. The maximum atomic E-state index is 12.7. The number of fused-ring (bicyclic) bond motifs is 1. The van der Waals surface area contributed by atoms with Crippen LogP contribution in [0.15, 0.2) is 36.4 Å². The first-order valence-electron chi connectivity index (χ1n) is 11.0. The predicted molar refractivity (Wildman–Crippen MR) is 119 cm³/mol. The molecule has 1 fully saturated rings. The maximum Gasteiger partial charge on any atom is 0.416 e. The molecule has 0 radical (unpaired) electrons. The lowest BCUT2D eigenvalue weighted by Gasteiger charge is -2.31. The summed E-state index contributed by atoms with van der Waals surface area (Å²) in [6.45, 7) is 2.05. The number of nitrogens with one attached hydrogen (secondary N) is 1. The Morgan fingerprint density at radius 1 is 1.06 bits per heavy atom. The van der Waals surface area contributed by atoms with Crippen LogP contribution in [0.5, 0.6) is 11.5 Å². The summed E-state index contributed by atoms with van der Waals surface area (Å²) in [7, 11) is 0. The summed E-state index contributed by atoms with van der Waals surface area (Å²) in [5, 5.41) is 3.34. The van der Waals surface area contributed by atoms with E-state index >= 15 is 0 Å². The minimum atomic E-state index is -4.45. The van der Waals surface area contributed by atoms with Crippen LogP contribution in [0.4, 0.5) is 13.2 Å². The van der Waals surface area contributed by atoms with Crippen LogP contribution in [-0.4, -0.2) is 43.0 Å². The number of hydrogen-bond acceptors (Lipinski definition) is 4. The Balaban J connectivity index is 1.29. The van der Waals surface area contributed by atoms with Gasteiger partial charge >= 0.3 is 6.18 Å². The molecule has 0 unspecified atom stereocenters. The van der Waals surface area contributed by atoms with E-state index in [0.29, 0.717) is 55.7 Å². The Morgan fingerprint density at radius 3 is 2.41 bits per heavy atom. The largest absolute Gasteiger partial charge is 0.489 e. The van der Waals surface area contributed by atoms with Crippen LogP contribution in [0.25, 0.3) is 0 Å². The molecule has 4 rings (SSSR count). The molecule has 182 valence electrons. The number of alkyl halides is 3. The minimum Gasteiger partial charge on any atom is -0.489 e. The van der Waals surface area contributed by atoms with Gasteiger partial charge < -0.3 is 19.7 Å². The Hall–Kier alpha value is -2.94. The molecule has 10 heteroatoms. The molecule has 1 N–H and O–H groups in total. The maximum absolute atomic E-state index is 12.7. The molecule has 34 heavy (non-hydrogen) atoms. The van der Waals surface area contributed by atoms with Crippen molar-refractivity contribution in [3.63, 3.8) is 0 Å². The fourth-order valence-corrected chi connectivity index (χ4v) is 4.34. The smallest absolute Gasteiger partial charge is 0.416 e. The first-order chi connectivity index (χ1) is 16.2. The van der Waals surface area contributed by atoms with Gasteiger partial charge in [-0.1, -0.05) is 11.6 Å². The molecule has 2 aromatic rings. The highest BCUT2D eigenvalue weighted by molar-refractivity contribution is 6.32. The summed E-state index contributed by atoms with van der Waals surface area (Å²) < 4.78 is 49.5. The van der Waals surface area contributed by atoms with E-state index in [2.05, 4.69) is 5.32 Å². The van der Waals surface area contributed by atoms with Crippen LogP contribution in [-0.2, 0) is 17.5 Å². The van der Waals surface area contributed by atoms with Gasteiger partial charge in [-0.2, -0.15) is 13.2 Å². The predicted octanol–water partition coefficient (Wildman–Crippen LogP) is 4.69. The zero-order valence-corrected chi connectivity index (χ0v) is 19.0. The Labute approximate surface area is 200 Å². The monoisotopic (exact) mass is 496 g/mol. The summed E-state index contributed by atoms with van der Waals surface area (Å²) in [4.78, 5) is 26.9. The van der Waals surface area contributed by atoms with Crippen LogP contribution in [0.2, 0.25) is 5.02 Å². The number of ether oxygens (including phenoxy) is 2. The second kappa shape index (κ2) is 10.1. The van der Waals surface area contributed by atoms with Crippen LogP contribution in [0.3, 0.4) is 0 Å². The van der Waals surface area contributed by atoms with Crippen molar-refractivity contribution in [2.45, 2.75) is 32.0 Å². The van der Waals surface area contributed by atoms with Gasteiger partial charge in [0.25, 0.3) is 5.91 Å². The molecule has 1 saturated heterocycles. The Bertz CT molecular complexity index is 1050. The van der Waals surface area contributed by atoms with Gasteiger partial charge in [0.05, 0.1) is 23.8 Å². The summed E-state index contributed by atoms with van der Waals surface area (Å²) >= 11 is 6.30. The molecule has 0 atom stereocenters. The van der Waals surface area contributed by atoms with E-state index in [1.54, 1.807) is 17.0 Å². The standard InChI is InChI=1S/C24H24ClF3N2O4/c25-19-12-15(13-20-21(19)34-11-1-10-33-20)14-29-22(31)16-6-8-30(9-7-16)23(32)17-2-4-18(5-3-17)24(26,27)28/h2-5,12-13,16H,1,6-11,14H2,(H,29,31). The van der Waals surface area contributed by atoms with Crippen LogP contribution < -0.4 is 14.8 Å². The number of likely N-dealkylation sites (tertiary alicyclic amines) is 1. The summed E-state index contributed by atoms with van der Waals surface area (Å²) in [6.07, 6.45) is -2.74. The van der Waals surface area contributed by atoms with Crippen molar-refractivity contribution in [1.29, 1.82) is 0 Å². The molecular weight excluding hydrogens is 473 g/mol. The van der Waals surface area contributed by atoms with E-state index in [4.69, 9.17) is 21.1 Å². The SMILES string of the molecule is O=C(NCc1cc(Cl)c2c(c1)OCCCO2)C1CCN(C(=O)c2ccc(C(F)(F)F)cc2)CC1. The average molecular weight is 497 g/mol. The van der Waals surface area contributed by atoms with Crippen LogP contribution in [0.1, 0.15) is 40.7 Å². The van der Waals surface area contributed by atoms with Gasteiger partial charge in [-0.05, 0) is 54.8 Å². The third-order valence-electron chi connectivity index (χ3n) is 5.94. The summed E-state index contributed by atoms with van der Waals surface area (Å²) in [6, 6.07) is 7.71. The number of amides is 2. The van der Waals surface area contributed by atoms with Gasteiger partial charge in [0, 0.05) is 37.5 Å². The molecular formula is C24H24ClF3N2O4. The van der Waals surface area contributed by atoms with Gasteiger partial charge in [-0.25, -0.2) is 0 Å². The van der Waals surface area contributed by atoms with Crippen molar-refractivity contribution in [1.82, 2.24) is 10.2 Å². The highest BCUT2D eigenvalue weighted by Gasteiger charge is 2.31. The average Bonchev–Trinajstić information content (AvgIpc) is 3.08. The third kappa shape index (κ3) is 5.58. The van der Waals surface area contributed by atoms with E-state index in [1.807, 2.05) is 0 Å². The third-order valence-corrected chi connectivity index (χ3v) is 6.22. The van der Waals surface area contributed by atoms with E-state index in [0.717, 1.165) is 24.1 Å². The fourth-order valence-electron chi connectivity index (χ4n) is 4.05. The first-order valence-corrected chi connectivity index (χ1v) is 11.4. The van der Waals surface area contributed by atoms with E-state index in [1.165, 1.54) is 12.1 Å². The molecule has 2 aliphatic heterocycles. The van der Waals surface area contributed by atoms with Gasteiger partial charge in [0.15, 0.2) is 11.5 Å². The molecule has 0 spiro atoms. The molecule has 2 amide bonds. The lowest BCUT2D eigenvalue weighted by atomic mass is 9.95. The number of nitrogens with zero attached hydrogens (tertiary/aromatic N) is 1. The molecule has 0 bridgehead atoms. The van der Waals surface area contributed by atoms with Crippen molar-refractivity contribution >= 4 is 23.4 Å². The molecule has 6 nitrogen and oxygen atoms in total. The minimum absolute atomic E-state index is 0.120. The number of rotatable bonds is 4. The second-order valence-corrected chi connectivity index (χ2v) is 8.72. The number of benzene rings is 2. The first kappa shape index (κ1) is 24.2. The Morgan fingerprint density at radius 2 is 1.74 bits per heavy atom. The van der Waals surface area contributed by atoms with E-state index in [9.17, 15) is 22.8 Å². The van der Waals surface area contributed by atoms with Crippen molar-refractivity contribution in [2.75, 3.05) is 26.3 Å². The number of halogens is 4. The zero-order valence-electron chi connectivity index (χ0n) is 18.3. The number of piperidine rings is 1. The summed E-state index contributed by atoms with van der Waals surface area (Å²) in [5.74, 6) is 0.357. The number of carbonyl (C=O) groups excluding carboxylic acids is 2. The molecule has 0 aromatic heterocycles. The highest BCUT2D eigenvalue weighted by Crippen LogP contribution is 2.38. The molecule has 2 aromatic carbocycles. The van der Waals surface area contributed by atoms with Gasteiger partial charge in [0.2, 0.25) is 5.91 Å². The molecule has 0 saturated carbocycles. The lowest BCUT2D eigenvalue weighted by Crippen LogP contribution is -2.42.